The first-order valence-corrected chi connectivity index (χ1v) is 13.4. The Hall–Kier alpha value is -4.46. The summed E-state index contributed by atoms with van der Waals surface area (Å²) in [5.41, 5.74) is 7.19. The Morgan fingerprint density at radius 1 is 0.800 bits per heavy atom. The Balaban J connectivity index is 1.42. The maximum atomic E-state index is 6.72. The Morgan fingerprint density at radius 2 is 1.45 bits per heavy atom. The van der Waals surface area contributed by atoms with Gasteiger partial charge >= 0.3 is 0 Å². The molecule has 7 nitrogen and oxygen atoms in total. The largest absolute Gasteiger partial charge is 0.434 e. The highest BCUT2D eigenvalue weighted by Gasteiger charge is 2.20. The summed E-state index contributed by atoms with van der Waals surface area (Å²) in [6.45, 7) is 4.66. The van der Waals surface area contributed by atoms with Crippen molar-refractivity contribution in [1.29, 1.82) is 0 Å². The van der Waals surface area contributed by atoms with Gasteiger partial charge < -0.3 is 14.6 Å². The molecule has 3 aromatic carbocycles. The highest BCUT2D eigenvalue weighted by Crippen LogP contribution is 2.41. The third-order valence-corrected chi connectivity index (χ3v) is 6.99. The van der Waals surface area contributed by atoms with Crippen molar-refractivity contribution in [3.63, 3.8) is 0 Å². The molecule has 6 rings (SSSR count). The molecule has 0 radical (unpaired) electrons. The Morgan fingerprint density at radius 3 is 2.12 bits per heavy atom. The van der Waals surface area contributed by atoms with Gasteiger partial charge in [0.05, 0.1) is 16.4 Å². The van der Waals surface area contributed by atoms with Gasteiger partial charge in [0, 0.05) is 24.6 Å². The number of benzene rings is 3. The molecule has 0 saturated heterocycles. The summed E-state index contributed by atoms with van der Waals surface area (Å²) in [5.74, 6) is 0.919. The maximum Gasteiger partial charge on any atom is 0.250 e. The summed E-state index contributed by atoms with van der Waals surface area (Å²) in [6, 6.07) is 23.7. The summed E-state index contributed by atoms with van der Waals surface area (Å²) in [4.78, 5) is 18.0. The van der Waals surface area contributed by atoms with Gasteiger partial charge in [0.1, 0.15) is 0 Å². The van der Waals surface area contributed by atoms with Gasteiger partial charge in [-0.2, -0.15) is 9.97 Å². The third-order valence-electron chi connectivity index (χ3n) is 6.43. The fourth-order valence-electron chi connectivity index (χ4n) is 4.31. The standard InChI is InChI=1S/C31H24Cl2N6O/c1-19-3-7-21(8-4-19)17-39-18-35-29-27(39)30(38-31(37-29)36-24-9-5-20(2)6-10-24)40-28-25(32)15-23(16-26(28)33)22-11-13-34-14-12-22/h3-16,18H,17H2,1-2H3,(H,36,37,38). The van der Waals surface area contributed by atoms with Gasteiger partial charge in [-0.25, -0.2) is 4.98 Å². The number of aromatic nitrogens is 5. The van der Waals surface area contributed by atoms with Crippen LogP contribution in [0.2, 0.25) is 10.0 Å². The van der Waals surface area contributed by atoms with Crippen LogP contribution in [0.3, 0.4) is 0 Å². The van der Waals surface area contributed by atoms with Crippen LogP contribution in [0.4, 0.5) is 11.6 Å². The van der Waals surface area contributed by atoms with E-state index in [9.17, 15) is 0 Å². The van der Waals surface area contributed by atoms with Crippen molar-refractivity contribution in [2.45, 2.75) is 20.4 Å². The molecule has 0 saturated carbocycles. The molecule has 0 fully saturated rings. The number of nitrogens with one attached hydrogen (secondary N) is 1. The van der Waals surface area contributed by atoms with E-state index in [-0.39, 0.29) is 5.88 Å². The summed E-state index contributed by atoms with van der Waals surface area (Å²) < 4.78 is 8.33. The molecule has 0 aliphatic heterocycles. The molecule has 1 N–H and O–H groups in total. The summed E-state index contributed by atoms with van der Waals surface area (Å²) in [7, 11) is 0. The minimum absolute atomic E-state index is 0.282. The first kappa shape index (κ1) is 25.8. The lowest BCUT2D eigenvalue weighted by Crippen LogP contribution is -2.04. The van der Waals surface area contributed by atoms with E-state index in [1.54, 1.807) is 18.7 Å². The van der Waals surface area contributed by atoms with Gasteiger partial charge in [0.15, 0.2) is 16.9 Å². The SMILES string of the molecule is Cc1ccc(Cn2cnc3nc(Nc4ccc(C)cc4)nc(Oc4c(Cl)cc(-c5ccncc5)cc4Cl)c32)cc1. The number of rotatable bonds is 7. The fourth-order valence-corrected chi connectivity index (χ4v) is 4.88. The van der Waals surface area contributed by atoms with Crippen LogP contribution in [0.1, 0.15) is 16.7 Å². The zero-order valence-corrected chi connectivity index (χ0v) is 23.3. The first-order chi connectivity index (χ1) is 19.4. The normalized spacial score (nSPS) is 11.1. The molecule has 0 atom stereocenters. The average Bonchev–Trinajstić information content (AvgIpc) is 3.36. The zero-order chi connectivity index (χ0) is 27.6. The first-order valence-electron chi connectivity index (χ1n) is 12.6. The summed E-state index contributed by atoms with van der Waals surface area (Å²) >= 11 is 13.4. The van der Waals surface area contributed by atoms with Crippen molar-refractivity contribution in [3.8, 4) is 22.8 Å². The minimum atomic E-state index is 0.282. The maximum absolute atomic E-state index is 6.72. The monoisotopic (exact) mass is 566 g/mol. The summed E-state index contributed by atoms with van der Waals surface area (Å²) in [5, 5.41) is 3.95. The lowest BCUT2D eigenvalue weighted by atomic mass is 10.1. The van der Waals surface area contributed by atoms with Crippen LogP contribution < -0.4 is 10.1 Å². The number of anilines is 2. The number of imidazole rings is 1. The van der Waals surface area contributed by atoms with E-state index in [4.69, 9.17) is 32.9 Å². The predicted octanol–water partition coefficient (Wildman–Crippen LogP) is 8.40. The molecule has 0 aliphatic rings. The van der Waals surface area contributed by atoms with Crippen molar-refractivity contribution in [1.82, 2.24) is 24.5 Å². The van der Waals surface area contributed by atoms with E-state index >= 15 is 0 Å². The number of hydrogen-bond donors (Lipinski definition) is 1. The molecular formula is C31H24Cl2N6O. The molecule has 3 heterocycles. The van der Waals surface area contributed by atoms with Crippen molar-refractivity contribution in [2.75, 3.05) is 5.32 Å². The number of ether oxygens (including phenoxy) is 1. The van der Waals surface area contributed by atoms with Gasteiger partial charge in [0.2, 0.25) is 5.95 Å². The molecule has 3 aromatic heterocycles. The minimum Gasteiger partial charge on any atom is -0.434 e. The summed E-state index contributed by atoms with van der Waals surface area (Å²) in [6.07, 6.45) is 5.17. The van der Waals surface area contributed by atoms with E-state index in [0.29, 0.717) is 39.5 Å². The highest BCUT2D eigenvalue weighted by atomic mass is 35.5. The van der Waals surface area contributed by atoms with Crippen LogP contribution in [0.15, 0.2) is 91.5 Å². The Bertz CT molecular complexity index is 1780. The van der Waals surface area contributed by atoms with Crippen LogP contribution in [0, 0.1) is 13.8 Å². The quantitative estimate of drug-likeness (QED) is 0.209. The van der Waals surface area contributed by atoms with Crippen molar-refractivity contribution < 1.29 is 4.74 Å². The molecule has 198 valence electrons. The smallest absolute Gasteiger partial charge is 0.250 e. The zero-order valence-electron chi connectivity index (χ0n) is 21.8. The van der Waals surface area contributed by atoms with E-state index < -0.39 is 0 Å². The van der Waals surface area contributed by atoms with Crippen molar-refractivity contribution in [3.05, 3.63) is 118 Å². The predicted molar refractivity (Wildman–Crippen MR) is 160 cm³/mol. The Kier molecular flexibility index (Phi) is 7.07. The van der Waals surface area contributed by atoms with Gasteiger partial charge in [0.25, 0.3) is 5.88 Å². The third kappa shape index (κ3) is 5.47. The lowest BCUT2D eigenvalue weighted by Gasteiger charge is -2.14. The topological polar surface area (TPSA) is 77.8 Å². The average molecular weight is 567 g/mol. The van der Waals surface area contributed by atoms with E-state index in [0.717, 1.165) is 27.9 Å². The molecule has 0 amide bonds. The van der Waals surface area contributed by atoms with Crippen LogP contribution in [0.5, 0.6) is 11.6 Å². The Labute approximate surface area is 241 Å². The van der Waals surface area contributed by atoms with E-state index in [1.807, 2.05) is 60.0 Å². The number of aryl methyl sites for hydroxylation is 2. The molecule has 0 aliphatic carbocycles. The van der Waals surface area contributed by atoms with E-state index in [2.05, 4.69) is 51.5 Å². The van der Waals surface area contributed by atoms with Crippen LogP contribution in [-0.2, 0) is 6.54 Å². The molecule has 0 bridgehead atoms. The second-order valence-electron chi connectivity index (χ2n) is 9.48. The number of nitrogens with zero attached hydrogens (tertiary/aromatic N) is 5. The molecule has 6 aromatic rings. The van der Waals surface area contributed by atoms with Gasteiger partial charge in [-0.3, -0.25) is 4.98 Å². The van der Waals surface area contributed by atoms with Crippen molar-refractivity contribution in [2.24, 2.45) is 0 Å². The van der Waals surface area contributed by atoms with Gasteiger partial charge in [-0.15, -0.1) is 0 Å². The van der Waals surface area contributed by atoms with E-state index in [1.165, 1.54) is 5.56 Å². The lowest BCUT2D eigenvalue weighted by molar-refractivity contribution is 0.466. The van der Waals surface area contributed by atoms with Gasteiger partial charge in [-0.1, -0.05) is 70.7 Å². The highest BCUT2D eigenvalue weighted by molar-refractivity contribution is 6.37. The molecule has 0 unspecified atom stereocenters. The van der Waals surface area contributed by atoms with Crippen molar-refractivity contribution >= 4 is 46.0 Å². The number of pyridine rings is 1. The van der Waals surface area contributed by atoms with Crippen LogP contribution in [0.25, 0.3) is 22.3 Å². The second-order valence-corrected chi connectivity index (χ2v) is 10.3. The fraction of sp³-hybridized carbons (Fsp3) is 0.0968. The number of hydrogen-bond acceptors (Lipinski definition) is 6. The second kappa shape index (κ2) is 11.0. The molecule has 0 spiro atoms. The van der Waals surface area contributed by atoms with Gasteiger partial charge in [-0.05, 0) is 66.9 Å². The molecule has 40 heavy (non-hydrogen) atoms. The van der Waals surface area contributed by atoms with Crippen LogP contribution >= 0.6 is 23.2 Å². The number of halogens is 2. The van der Waals surface area contributed by atoms with Crippen LogP contribution in [-0.4, -0.2) is 24.5 Å². The molecule has 9 heteroatoms. The number of fused-ring (bicyclic) bond motifs is 1. The molecular weight excluding hydrogens is 543 g/mol.